The minimum Gasteiger partial charge on any atom is -0.496 e. The van der Waals surface area contributed by atoms with Crippen LogP contribution >= 0.6 is 39.1 Å². The van der Waals surface area contributed by atoms with Gasteiger partial charge in [0.15, 0.2) is 0 Å². The zero-order valence-electron chi connectivity index (χ0n) is 24.9. The smallest absolute Gasteiger partial charge is 0.264 e. The standard InChI is InChI=1S/C32H36BrCl2N3O5S/c1-4-29(32(40)36-22-8-5-6-9-22)37(19-25-27(34)10-7-11-28(25)35)31(39)20-38(23-14-12-21(2)13-15-23)44(41,42)24-16-17-30(43-3)26(33)18-24/h7,10-18,22,29H,4-6,8-9,19-20H2,1-3H3,(H,36,40)/t29-/m0/s1. The molecule has 0 spiro atoms. The Morgan fingerprint density at radius 3 is 2.25 bits per heavy atom. The van der Waals surface area contributed by atoms with Crippen molar-refractivity contribution in [3.05, 3.63) is 86.3 Å². The quantitative estimate of drug-likeness (QED) is 0.214. The normalized spacial score (nSPS) is 14.2. The lowest BCUT2D eigenvalue weighted by Crippen LogP contribution is -2.53. The number of methoxy groups -OCH3 is 1. The van der Waals surface area contributed by atoms with E-state index in [0.717, 1.165) is 35.6 Å². The van der Waals surface area contributed by atoms with Crippen molar-refractivity contribution < 1.29 is 22.7 Å². The first kappa shape index (κ1) is 34.1. The van der Waals surface area contributed by atoms with E-state index in [1.54, 1.807) is 42.5 Å². The van der Waals surface area contributed by atoms with Gasteiger partial charge in [-0.3, -0.25) is 13.9 Å². The highest BCUT2D eigenvalue weighted by atomic mass is 79.9. The predicted molar refractivity (Wildman–Crippen MR) is 178 cm³/mol. The van der Waals surface area contributed by atoms with E-state index in [1.807, 2.05) is 13.8 Å². The van der Waals surface area contributed by atoms with Crippen molar-refractivity contribution in [1.29, 1.82) is 0 Å². The van der Waals surface area contributed by atoms with Crippen LogP contribution < -0.4 is 14.4 Å². The van der Waals surface area contributed by atoms with E-state index >= 15 is 0 Å². The van der Waals surface area contributed by atoms with Crippen LogP contribution in [0.3, 0.4) is 0 Å². The summed E-state index contributed by atoms with van der Waals surface area (Å²) in [5.74, 6) is -0.408. The molecule has 0 unspecified atom stereocenters. The summed E-state index contributed by atoms with van der Waals surface area (Å²) in [7, 11) is -2.77. The molecule has 1 fully saturated rings. The van der Waals surface area contributed by atoms with Gasteiger partial charge in [-0.15, -0.1) is 0 Å². The first-order valence-corrected chi connectivity index (χ1v) is 17.4. The van der Waals surface area contributed by atoms with Gasteiger partial charge in [0, 0.05) is 28.2 Å². The summed E-state index contributed by atoms with van der Waals surface area (Å²) in [6.07, 6.45) is 4.12. The van der Waals surface area contributed by atoms with Crippen LogP contribution in [0.5, 0.6) is 5.75 Å². The van der Waals surface area contributed by atoms with Crippen LogP contribution in [-0.4, -0.2) is 50.9 Å². The number of halogens is 3. The highest BCUT2D eigenvalue weighted by molar-refractivity contribution is 9.10. The van der Waals surface area contributed by atoms with E-state index in [2.05, 4.69) is 21.2 Å². The van der Waals surface area contributed by atoms with E-state index < -0.39 is 28.5 Å². The molecule has 1 aliphatic carbocycles. The summed E-state index contributed by atoms with van der Waals surface area (Å²) in [6.45, 7) is 3.06. The van der Waals surface area contributed by atoms with Gasteiger partial charge in [0.05, 0.1) is 22.2 Å². The number of benzene rings is 3. The van der Waals surface area contributed by atoms with Crippen LogP contribution in [-0.2, 0) is 26.2 Å². The van der Waals surface area contributed by atoms with E-state index in [0.29, 0.717) is 37.9 Å². The van der Waals surface area contributed by atoms with E-state index in [1.165, 1.54) is 30.2 Å². The molecule has 0 aliphatic heterocycles. The van der Waals surface area contributed by atoms with Gasteiger partial charge in [0.1, 0.15) is 18.3 Å². The van der Waals surface area contributed by atoms with Crippen LogP contribution in [0.15, 0.2) is 70.0 Å². The SMILES string of the molecule is CC[C@@H](C(=O)NC1CCCC1)N(Cc1c(Cl)cccc1Cl)C(=O)CN(c1ccc(C)cc1)S(=O)(=O)c1ccc(OC)c(Br)c1. The van der Waals surface area contributed by atoms with Gasteiger partial charge in [-0.2, -0.15) is 0 Å². The zero-order valence-corrected chi connectivity index (χ0v) is 28.8. The maximum Gasteiger partial charge on any atom is 0.264 e. The van der Waals surface area contributed by atoms with E-state index in [4.69, 9.17) is 27.9 Å². The van der Waals surface area contributed by atoms with E-state index in [9.17, 15) is 18.0 Å². The number of ether oxygens (including phenoxy) is 1. The van der Waals surface area contributed by atoms with Gasteiger partial charge in [-0.05, 0) is 84.6 Å². The summed E-state index contributed by atoms with van der Waals surface area (Å²) in [5.41, 5.74) is 1.70. The van der Waals surface area contributed by atoms with Gasteiger partial charge < -0.3 is 15.0 Å². The number of aryl methyl sites for hydroxylation is 1. The Bertz CT molecular complexity index is 1580. The summed E-state index contributed by atoms with van der Waals surface area (Å²) in [4.78, 5) is 29.3. The average molecular weight is 726 g/mol. The minimum atomic E-state index is -4.26. The Balaban J connectivity index is 1.76. The number of amides is 2. The molecule has 1 N–H and O–H groups in total. The third-order valence-electron chi connectivity index (χ3n) is 7.79. The molecule has 44 heavy (non-hydrogen) atoms. The minimum absolute atomic E-state index is 0.0368. The molecular formula is C32H36BrCl2N3O5S. The van der Waals surface area contributed by atoms with Crippen LogP contribution in [0.4, 0.5) is 5.69 Å². The first-order valence-electron chi connectivity index (χ1n) is 14.4. The van der Waals surface area contributed by atoms with Crippen molar-refractivity contribution in [3.63, 3.8) is 0 Å². The molecule has 1 saturated carbocycles. The average Bonchev–Trinajstić information content (AvgIpc) is 3.50. The fraction of sp³-hybridized carbons (Fsp3) is 0.375. The maximum atomic E-state index is 14.3. The maximum absolute atomic E-state index is 14.3. The van der Waals surface area contributed by atoms with Crippen LogP contribution in [0.25, 0.3) is 0 Å². The molecule has 0 bridgehead atoms. The number of anilines is 1. The van der Waals surface area contributed by atoms with Crippen molar-refractivity contribution in [2.45, 2.75) is 69.5 Å². The number of carbonyl (C=O) groups excluding carboxylic acids is 2. The molecule has 1 aliphatic rings. The highest BCUT2D eigenvalue weighted by Gasteiger charge is 2.35. The number of hydrogen-bond donors (Lipinski definition) is 1. The van der Waals surface area contributed by atoms with Crippen molar-refractivity contribution in [2.24, 2.45) is 0 Å². The largest absolute Gasteiger partial charge is 0.496 e. The van der Waals surface area contributed by atoms with Gasteiger partial charge in [0.25, 0.3) is 10.0 Å². The third kappa shape index (κ3) is 7.88. The molecular weight excluding hydrogens is 689 g/mol. The predicted octanol–water partition coefficient (Wildman–Crippen LogP) is 7.13. The highest BCUT2D eigenvalue weighted by Crippen LogP contribution is 2.32. The van der Waals surface area contributed by atoms with Crippen molar-refractivity contribution >= 4 is 66.7 Å². The molecule has 0 heterocycles. The fourth-order valence-corrected chi connectivity index (χ4v) is 7.97. The van der Waals surface area contributed by atoms with Crippen molar-refractivity contribution in [3.8, 4) is 5.75 Å². The lowest BCUT2D eigenvalue weighted by Gasteiger charge is -2.34. The molecule has 3 aromatic carbocycles. The van der Waals surface area contributed by atoms with Gasteiger partial charge in [0.2, 0.25) is 11.8 Å². The summed E-state index contributed by atoms with van der Waals surface area (Å²) in [6, 6.07) is 15.4. The van der Waals surface area contributed by atoms with Crippen molar-refractivity contribution in [1.82, 2.24) is 10.2 Å². The van der Waals surface area contributed by atoms with Crippen LogP contribution in [0.1, 0.15) is 50.2 Å². The molecule has 3 aromatic rings. The molecule has 0 radical (unpaired) electrons. The van der Waals surface area contributed by atoms with Crippen LogP contribution in [0, 0.1) is 6.92 Å². The topological polar surface area (TPSA) is 96.0 Å². The fourth-order valence-electron chi connectivity index (χ4n) is 5.32. The van der Waals surface area contributed by atoms with Gasteiger partial charge >= 0.3 is 0 Å². The number of hydrogen-bond acceptors (Lipinski definition) is 5. The molecule has 12 heteroatoms. The molecule has 8 nitrogen and oxygen atoms in total. The molecule has 0 saturated heterocycles. The lowest BCUT2D eigenvalue weighted by atomic mass is 10.1. The first-order chi connectivity index (χ1) is 21.0. The number of nitrogens with zero attached hydrogens (tertiary/aromatic N) is 2. The lowest BCUT2D eigenvalue weighted by molar-refractivity contribution is -0.140. The second kappa shape index (κ2) is 15.0. The second-order valence-electron chi connectivity index (χ2n) is 10.8. The summed E-state index contributed by atoms with van der Waals surface area (Å²) < 4.78 is 35.1. The molecule has 0 aromatic heterocycles. The van der Waals surface area contributed by atoms with Gasteiger partial charge in [-0.1, -0.05) is 66.7 Å². The monoisotopic (exact) mass is 723 g/mol. The molecule has 2 amide bonds. The Labute approximate surface area is 277 Å². The number of sulfonamides is 1. The van der Waals surface area contributed by atoms with Crippen LogP contribution in [0.2, 0.25) is 10.0 Å². The zero-order chi connectivity index (χ0) is 32.0. The molecule has 1 atom stereocenters. The van der Waals surface area contributed by atoms with Crippen molar-refractivity contribution in [2.75, 3.05) is 18.0 Å². The molecule has 4 rings (SSSR count). The van der Waals surface area contributed by atoms with E-state index in [-0.39, 0.29) is 23.4 Å². The second-order valence-corrected chi connectivity index (χ2v) is 14.3. The molecule has 236 valence electrons. The Kier molecular flexibility index (Phi) is 11.6. The number of carbonyl (C=O) groups is 2. The summed E-state index contributed by atoms with van der Waals surface area (Å²) >= 11 is 16.4. The Morgan fingerprint density at radius 1 is 1.05 bits per heavy atom. The third-order valence-corrected chi connectivity index (χ3v) is 10.9. The Hall–Kier alpha value is -2.79. The Morgan fingerprint density at radius 2 is 1.68 bits per heavy atom. The number of nitrogens with one attached hydrogen (secondary N) is 1. The summed E-state index contributed by atoms with van der Waals surface area (Å²) in [5, 5.41) is 3.78. The number of rotatable bonds is 12. The van der Waals surface area contributed by atoms with Gasteiger partial charge in [-0.25, -0.2) is 8.42 Å².